The number of hydrogen-bond acceptors (Lipinski definition) is 3. The van der Waals surface area contributed by atoms with Crippen molar-refractivity contribution >= 4 is 22.9 Å². The van der Waals surface area contributed by atoms with E-state index in [1.165, 1.54) is 4.88 Å². The fourth-order valence-corrected chi connectivity index (χ4v) is 3.11. The van der Waals surface area contributed by atoms with E-state index in [1.807, 2.05) is 26.0 Å². The van der Waals surface area contributed by atoms with Gasteiger partial charge < -0.3 is 11.1 Å². The van der Waals surface area contributed by atoms with E-state index in [0.29, 0.717) is 17.8 Å². The number of carbonyl (C=O) groups excluding carboxylic acids is 1. The maximum Gasteiger partial charge on any atom is 0.251 e. The van der Waals surface area contributed by atoms with Crippen LogP contribution in [0.2, 0.25) is 0 Å². The molecule has 0 saturated carbocycles. The number of carbonyl (C=O) groups is 1. The maximum atomic E-state index is 12.4. The molecule has 21 heavy (non-hydrogen) atoms. The Kier molecular flexibility index (Phi) is 4.37. The van der Waals surface area contributed by atoms with Gasteiger partial charge >= 0.3 is 0 Å². The number of nitrogens with one attached hydrogen (secondary N) is 1. The van der Waals surface area contributed by atoms with Gasteiger partial charge in [-0.15, -0.1) is 11.3 Å². The molecule has 0 spiro atoms. The second kappa shape index (κ2) is 5.90. The highest BCUT2D eigenvalue weighted by atomic mass is 32.1. The lowest BCUT2D eigenvalue weighted by molar-refractivity contribution is 0.0945. The Hall–Kier alpha value is -1.81. The zero-order valence-corrected chi connectivity index (χ0v) is 13.8. The summed E-state index contributed by atoms with van der Waals surface area (Å²) in [5.74, 6) is -0.0659. The zero-order valence-electron chi connectivity index (χ0n) is 13.0. The summed E-state index contributed by atoms with van der Waals surface area (Å²) in [6.07, 6.45) is 0. The van der Waals surface area contributed by atoms with Crippen molar-refractivity contribution in [2.75, 3.05) is 12.3 Å². The largest absolute Gasteiger partial charge is 0.398 e. The minimum absolute atomic E-state index is 0.0659. The van der Waals surface area contributed by atoms with Crippen molar-refractivity contribution < 1.29 is 4.79 Å². The Morgan fingerprint density at radius 1 is 1.29 bits per heavy atom. The number of nitrogens with two attached hydrogens (primary N) is 1. The molecule has 1 amide bonds. The van der Waals surface area contributed by atoms with Crippen LogP contribution in [0.15, 0.2) is 29.6 Å². The van der Waals surface area contributed by atoms with Gasteiger partial charge in [0, 0.05) is 28.1 Å². The van der Waals surface area contributed by atoms with Crippen molar-refractivity contribution in [1.82, 2.24) is 5.32 Å². The predicted molar refractivity (Wildman–Crippen MR) is 90.0 cm³/mol. The Balaban J connectivity index is 2.11. The van der Waals surface area contributed by atoms with E-state index in [9.17, 15) is 4.79 Å². The fraction of sp³-hybridized carbons (Fsp3) is 0.353. The molecule has 0 aliphatic heterocycles. The molecule has 0 saturated heterocycles. The minimum atomic E-state index is -0.0754. The number of aryl methyl sites for hydroxylation is 2. The summed E-state index contributed by atoms with van der Waals surface area (Å²) >= 11 is 1.71. The van der Waals surface area contributed by atoms with Gasteiger partial charge in [0.15, 0.2) is 0 Å². The first kappa shape index (κ1) is 15.6. The highest BCUT2D eigenvalue weighted by Crippen LogP contribution is 2.27. The van der Waals surface area contributed by atoms with E-state index < -0.39 is 0 Å². The molecule has 0 radical (unpaired) electrons. The number of anilines is 1. The van der Waals surface area contributed by atoms with Crippen molar-refractivity contribution in [2.45, 2.75) is 33.1 Å². The summed E-state index contributed by atoms with van der Waals surface area (Å²) in [4.78, 5) is 13.6. The maximum absolute atomic E-state index is 12.4. The van der Waals surface area contributed by atoms with E-state index in [-0.39, 0.29) is 11.3 Å². The summed E-state index contributed by atoms with van der Waals surface area (Å²) in [6.45, 7) is 8.75. The van der Waals surface area contributed by atoms with Gasteiger partial charge in [-0.3, -0.25) is 4.79 Å². The Labute approximate surface area is 130 Å². The molecule has 112 valence electrons. The molecule has 0 bridgehead atoms. The van der Waals surface area contributed by atoms with Crippen LogP contribution < -0.4 is 11.1 Å². The van der Waals surface area contributed by atoms with Gasteiger partial charge in [-0.25, -0.2) is 0 Å². The Morgan fingerprint density at radius 2 is 2.00 bits per heavy atom. The first-order chi connectivity index (χ1) is 9.81. The molecule has 1 heterocycles. The topological polar surface area (TPSA) is 55.1 Å². The number of thiophene rings is 1. The van der Waals surface area contributed by atoms with Crippen LogP contribution in [0.5, 0.6) is 0 Å². The molecular formula is C17H22N2OS. The number of hydrogen-bond donors (Lipinski definition) is 2. The van der Waals surface area contributed by atoms with E-state index in [4.69, 9.17) is 5.73 Å². The van der Waals surface area contributed by atoms with Crippen molar-refractivity contribution in [2.24, 2.45) is 0 Å². The third kappa shape index (κ3) is 3.45. The number of amides is 1. The lowest BCUT2D eigenvalue weighted by Crippen LogP contribution is -2.36. The van der Waals surface area contributed by atoms with Crippen LogP contribution >= 0.6 is 11.3 Å². The summed E-state index contributed by atoms with van der Waals surface area (Å²) in [5, 5.41) is 5.09. The molecule has 0 fully saturated rings. The molecule has 2 rings (SSSR count). The first-order valence-electron chi connectivity index (χ1n) is 7.00. The number of benzene rings is 1. The second-order valence-electron chi connectivity index (χ2n) is 6.07. The normalized spacial score (nSPS) is 11.4. The lowest BCUT2D eigenvalue weighted by Gasteiger charge is -2.24. The average molecular weight is 302 g/mol. The minimum Gasteiger partial charge on any atom is -0.398 e. The van der Waals surface area contributed by atoms with Gasteiger partial charge in [0.1, 0.15) is 0 Å². The van der Waals surface area contributed by atoms with E-state index in [2.05, 4.69) is 30.6 Å². The van der Waals surface area contributed by atoms with E-state index in [1.54, 1.807) is 17.4 Å². The molecule has 2 aromatic rings. The first-order valence-corrected chi connectivity index (χ1v) is 7.88. The Bertz CT molecular complexity index is 645. The summed E-state index contributed by atoms with van der Waals surface area (Å²) in [5.41, 5.74) is 9.10. The van der Waals surface area contributed by atoms with Gasteiger partial charge in [0.2, 0.25) is 0 Å². The van der Waals surface area contributed by atoms with Crippen molar-refractivity contribution in [3.63, 3.8) is 0 Å². The quantitative estimate of drug-likeness (QED) is 0.847. The van der Waals surface area contributed by atoms with E-state index >= 15 is 0 Å². The summed E-state index contributed by atoms with van der Waals surface area (Å²) in [6, 6.07) is 7.85. The Morgan fingerprint density at radius 3 is 2.62 bits per heavy atom. The zero-order chi connectivity index (χ0) is 15.6. The van der Waals surface area contributed by atoms with E-state index in [0.717, 1.165) is 11.1 Å². The van der Waals surface area contributed by atoms with Gasteiger partial charge in [0.05, 0.1) is 0 Å². The van der Waals surface area contributed by atoms with Gasteiger partial charge in [-0.1, -0.05) is 26.0 Å². The smallest absolute Gasteiger partial charge is 0.251 e. The summed E-state index contributed by atoms with van der Waals surface area (Å²) in [7, 11) is 0. The molecule has 0 aliphatic carbocycles. The third-order valence-electron chi connectivity index (χ3n) is 3.74. The molecule has 3 nitrogen and oxygen atoms in total. The highest BCUT2D eigenvalue weighted by molar-refractivity contribution is 7.10. The van der Waals surface area contributed by atoms with Gasteiger partial charge in [0.25, 0.3) is 5.91 Å². The van der Waals surface area contributed by atoms with Crippen LogP contribution in [0.4, 0.5) is 5.69 Å². The molecule has 4 heteroatoms. The monoisotopic (exact) mass is 302 g/mol. The lowest BCUT2D eigenvalue weighted by atomic mass is 9.91. The van der Waals surface area contributed by atoms with Crippen LogP contribution in [0, 0.1) is 13.8 Å². The molecule has 1 aromatic carbocycles. The molecule has 0 unspecified atom stereocenters. The van der Waals surface area contributed by atoms with Crippen LogP contribution in [0.3, 0.4) is 0 Å². The van der Waals surface area contributed by atoms with Crippen molar-refractivity contribution in [3.05, 3.63) is 51.2 Å². The molecule has 0 aliphatic rings. The SMILES string of the molecule is Cc1cc(C)c(C(=O)NCC(C)(C)c2cccs2)cc1N. The van der Waals surface area contributed by atoms with Crippen LogP contribution in [0.1, 0.15) is 40.2 Å². The van der Waals surface area contributed by atoms with Crippen molar-refractivity contribution in [1.29, 1.82) is 0 Å². The predicted octanol–water partition coefficient (Wildman–Crippen LogP) is 3.65. The van der Waals surface area contributed by atoms with Crippen LogP contribution in [-0.2, 0) is 5.41 Å². The van der Waals surface area contributed by atoms with Gasteiger partial charge in [-0.05, 0) is 42.5 Å². The fourth-order valence-electron chi connectivity index (χ4n) is 2.26. The molecule has 1 aromatic heterocycles. The average Bonchev–Trinajstić information content (AvgIpc) is 2.95. The summed E-state index contributed by atoms with van der Waals surface area (Å²) < 4.78 is 0. The van der Waals surface area contributed by atoms with Gasteiger partial charge in [-0.2, -0.15) is 0 Å². The van der Waals surface area contributed by atoms with Crippen molar-refractivity contribution in [3.8, 4) is 0 Å². The van der Waals surface area contributed by atoms with Crippen LogP contribution in [0.25, 0.3) is 0 Å². The molecule has 3 N–H and O–H groups in total. The molecular weight excluding hydrogens is 280 g/mol. The van der Waals surface area contributed by atoms with Crippen LogP contribution in [-0.4, -0.2) is 12.5 Å². The molecule has 0 atom stereocenters. The number of rotatable bonds is 4. The number of nitrogen functional groups attached to an aromatic ring is 1. The standard InChI is InChI=1S/C17H22N2OS/c1-11-8-12(2)14(18)9-13(11)16(20)19-10-17(3,4)15-6-5-7-21-15/h5-9H,10,18H2,1-4H3,(H,19,20). The second-order valence-corrected chi connectivity index (χ2v) is 7.02. The third-order valence-corrected chi connectivity index (χ3v) is 4.97. The highest BCUT2D eigenvalue weighted by Gasteiger charge is 2.23.